The van der Waals surface area contributed by atoms with Crippen molar-refractivity contribution >= 4 is 12.4 Å². The highest BCUT2D eigenvalue weighted by Gasteiger charge is 2.32. The Labute approximate surface area is 185 Å². The first-order valence-corrected chi connectivity index (χ1v) is 12.9. The van der Waals surface area contributed by atoms with Gasteiger partial charge in [0.15, 0.2) is 0 Å². The van der Waals surface area contributed by atoms with Crippen molar-refractivity contribution < 1.29 is 0 Å². The van der Waals surface area contributed by atoms with Crippen LogP contribution in [0.2, 0.25) is 0 Å². The number of hydrogen-bond donors (Lipinski definition) is 1. The van der Waals surface area contributed by atoms with Gasteiger partial charge in [-0.15, -0.1) is 12.4 Å². The topological polar surface area (TPSA) is 26.0 Å². The van der Waals surface area contributed by atoms with Gasteiger partial charge in [0.1, 0.15) is 0 Å². The first kappa shape index (κ1) is 30.4. The van der Waals surface area contributed by atoms with Crippen LogP contribution in [0.25, 0.3) is 0 Å². The third-order valence-electron chi connectivity index (χ3n) is 6.60. The van der Waals surface area contributed by atoms with E-state index < -0.39 is 0 Å². The molecule has 0 aliphatic carbocycles. The van der Waals surface area contributed by atoms with Crippen molar-refractivity contribution in [1.82, 2.24) is 0 Å². The van der Waals surface area contributed by atoms with Crippen LogP contribution in [0.3, 0.4) is 0 Å². The van der Waals surface area contributed by atoms with Crippen LogP contribution in [0.4, 0.5) is 0 Å². The molecule has 0 amide bonds. The summed E-state index contributed by atoms with van der Waals surface area (Å²) in [5, 5.41) is 0. The van der Waals surface area contributed by atoms with Crippen molar-refractivity contribution in [3.8, 4) is 0 Å². The Bertz CT molecular complexity index is 278. The second kappa shape index (κ2) is 21.9. The van der Waals surface area contributed by atoms with E-state index in [4.69, 9.17) is 5.73 Å². The van der Waals surface area contributed by atoms with E-state index in [0.717, 1.165) is 5.92 Å². The van der Waals surface area contributed by atoms with Crippen LogP contribution in [0.15, 0.2) is 0 Å². The Morgan fingerprint density at radius 3 is 1.29 bits per heavy atom. The highest BCUT2D eigenvalue weighted by atomic mass is 35.5. The van der Waals surface area contributed by atoms with E-state index in [9.17, 15) is 0 Å². The normalized spacial score (nSPS) is 12.8. The van der Waals surface area contributed by atoms with Gasteiger partial charge in [0, 0.05) is 5.54 Å². The van der Waals surface area contributed by atoms with Crippen molar-refractivity contribution in [1.29, 1.82) is 0 Å². The fourth-order valence-corrected chi connectivity index (χ4v) is 4.71. The van der Waals surface area contributed by atoms with Gasteiger partial charge in [0.2, 0.25) is 0 Å². The van der Waals surface area contributed by atoms with Crippen LogP contribution in [-0.4, -0.2) is 5.54 Å². The molecule has 28 heavy (non-hydrogen) atoms. The average Bonchev–Trinajstić information content (AvgIpc) is 2.66. The van der Waals surface area contributed by atoms with E-state index in [1.807, 2.05) is 0 Å². The minimum absolute atomic E-state index is 0. The predicted molar refractivity (Wildman–Crippen MR) is 133 cm³/mol. The Hall–Kier alpha value is 0.250. The molecule has 1 unspecified atom stereocenters. The second-order valence-electron chi connectivity index (χ2n) is 9.25. The van der Waals surface area contributed by atoms with Gasteiger partial charge in [0.05, 0.1) is 0 Å². The first-order valence-electron chi connectivity index (χ1n) is 12.9. The van der Waals surface area contributed by atoms with Gasteiger partial charge in [-0.25, -0.2) is 0 Å². The lowest BCUT2D eigenvalue weighted by Gasteiger charge is -2.39. The molecule has 1 atom stereocenters. The lowest BCUT2D eigenvalue weighted by Crippen LogP contribution is -2.47. The van der Waals surface area contributed by atoms with Gasteiger partial charge in [-0.05, 0) is 31.6 Å². The molecule has 172 valence electrons. The Morgan fingerprint density at radius 2 is 0.893 bits per heavy atom. The molecule has 2 heteroatoms. The van der Waals surface area contributed by atoms with Gasteiger partial charge >= 0.3 is 0 Å². The van der Waals surface area contributed by atoms with Gasteiger partial charge in [-0.2, -0.15) is 0 Å². The Morgan fingerprint density at radius 1 is 0.500 bits per heavy atom. The minimum Gasteiger partial charge on any atom is -0.325 e. The number of rotatable bonds is 21. The molecule has 0 fully saturated rings. The Balaban J connectivity index is 0. The molecule has 0 saturated heterocycles. The maximum absolute atomic E-state index is 7.20. The summed E-state index contributed by atoms with van der Waals surface area (Å²) < 4.78 is 0. The smallest absolute Gasteiger partial charge is 0.0182 e. The van der Waals surface area contributed by atoms with Gasteiger partial charge in [0.25, 0.3) is 0 Å². The summed E-state index contributed by atoms with van der Waals surface area (Å²) in [5.41, 5.74) is 7.31. The van der Waals surface area contributed by atoms with E-state index in [-0.39, 0.29) is 17.9 Å². The highest BCUT2D eigenvalue weighted by molar-refractivity contribution is 5.85. The molecule has 0 aromatic heterocycles. The standard InChI is InChI=1S/C26H55N.ClH/c1-5-9-12-15-18-22-25(21-8-4)26(27,23-19-16-13-10-6-2)24-20-17-14-11-7-3;/h25H,5-24,27H2,1-4H3;1H. The molecule has 0 aliphatic heterocycles. The van der Waals surface area contributed by atoms with Gasteiger partial charge in [-0.3, -0.25) is 0 Å². The molecule has 1 nitrogen and oxygen atoms in total. The Kier molecular flexibility index (Phi) is 23.9. The lowest BCUT2D eigenvalue weighted by molar-refractivity contribution is 0.192. The third kappa shape index (κ3) is 16.1. The molecular formula is C26H56ClN. The zero-order valence-electron chi connectivity index (χ0n) is 20.2. The number of unbranched alkanes of at least 4 members (excludes halogenated alkanes) is 12. The van der Waals surface area contributed by atoms with Crippen molar-refractivity contribution in [2.24, 2.45) is 11.7 Å². The zero-order chi connectivity index (χ0) is 20.2. The highest BCUT2D eigenvalue weighted by Crippen LogP contribution is 2.34. The van der Waals surface area contributed by atoms with E-state index in [1.165, 1.54) is 128 Å². The maximum Gasteiger partial charge on any atom is 0.0182 e. The molecule has 0 rings (SSSR count). The fraction of sp³-hybridized carbons (Fsp3) is 1.00. The summed E-state index contributed by atoms with van der Waals surface area (Å²) in [5.74, 6) is 0.751. The average molecular weight is 418 g/mol. The summed E-state index contributed by atoms with van der Waals surface area (Å²) in [6, 6.07) is 0. The summed E-state index contributed by atoms with van der Waals surface area (Å²) in [6.07, 6.45) is 27.3. The van der Waals surface area contributed by atoms with E-state index in [0.29, 0.717) is 0 Å². The quantitative estimate of drug-likeness (QED) is 0.185. The van der Waals surface area contributed by atoms with Crippen molar-refractivity contribution in [3.63, 3.8) is 0 Å². The largest absolute Gasteiger partial charge is 0.325 e. The van der Waals surface area contributed by atoms with Gasteiger partial charge < -0.3 is 5.73 Å². The van der Waals surface area contributed by atoms with Crippen LogP contribution in [0, 0.1) is 5.92 Å². The van der Waals surface area contributed by atoms with Crippen LogP contribution in [-0.2, 0) is 0 Å². The molecule has 0 radical (unpaired) electrons. The summed E-state index contributed by atoms with van der Waals surface area (Å²) in [6.45, 7) is 9.27. The van der Waals surface area contributed by atoms with E-state index >= 15 is 0 Å². The van der Waals surface area contributed by atoms with Crippen LogP contribution >= 0.6 is 12.4 Å². The zero-order valence-corrected chi connectivity index (χ0v) is 21.0. The number of nitrogens with two attached hydrogens (primary N) is 1. The summed E-state index contributed by atoms with van der Waals surface area (Å²) in [4.78, 5) is 0. The molecule has 0 aromatic carbocycles. The predicted octanol–water partition coefficient (Wildman–Crippen LogP) is 9.60. The van der Waals surface area contributed by atoms with Crippen LogP contribution in [0.1, 0.15) is 156 Å². The van der Waals surface area contributed by atoms with Crippen LogP contribution < -0.4 is 5.73 Å². The van der Waals surface area contributed by atoms with Crippen molar-refractivity contribution in [2.45, 2.75) is 162 Å². The molecule has 0 spiro atoms. The van der Waals surface area contributed by atoms with Crippen molar-refractivity contribution in [2.75, 3.05) is 0 Å². The van der Waals surface area contributed by atoms with Crippen LogP contribution in [0.5, 0.6) is 0 Å². The molecular weight excluding hydrogens is 362 g/mol. The van der Waals surface area contributed by atoms with Gasteiger partial charge in [-0.1, -0.05) is 130 Å². The molecule has 0 heterocycles. The number of halogens is 1. The first-order chi connectivity index (χ1) is 13.1. The summed E-state index contributed by atoms with van der Waals surface area (Å²) >= 11 is 0. The minimum atomic E-state index is 0. The SMILES string of the molecule is CCCCCCCC(CCC)C(N)(CCCCCCC)CCCCCCC.Cl. The summed E-state index contributed by atoms with van der Waals surface area (Å²) in [7, 11) is 0. The molecule has 0 saturated carbocycles. The molecule has 0 aliphatic rings. The van der Waals surface area contributed by atoms with E-state index in [1.54, 1.807) is 0 Å². The monoisotopic (exact) mass is 417 g/mol. The number of hydrogen-bond acceptors (Lipinski definition) is 1. The van der Waals surface area contributed by atoms with Crippen molar-refractivity contribution in [3.05, 3.63) is 0 Å². The van der Waals surface area contributed by atoms with E-state index in [2.05, 4.69) is 27.7 Å². The molecule has 0 bridgehead atoms. The maximum atomic E-state index is 7.20. The third-order valence-corrected chi connectivity index (χ3v) is 6.60. The second-order valence-corrected chi connectivity index (χ2v) is 9.25. The fourth-order valence-electron chi connectivity index (χ4n) is 4.71. The lowest BCUT2D eigenvalue weighted by atomic mass is 9.72. The molecule has 0 aromatic rings. The molecule has 2 N–H and O–H groups in total.